The smallest absolute Gasteiger partial charge is 0.211 e. The predicted molar refractivity (Wildman–Crippen MR) is 74.7 cm³/mol. The zero-order valence-electron chi connectivity index (χ0n) is 11.2. The molecule has 112 valence electrons. The van der Waals surface area contributed by atoms with E-state index in [1.54, 1.807) is 0 Å². The van der Waals surface area contributed by atoms with E-state index in [0.717, 1.165) is 38.5 Å². The van der Waals surface area contributed by atoms with E-state index < -0.39 is 30.5 Å². The van der Waals surface area contributed by atoms with Gasteiger partial charge in [0.05, 0.1) is 10.5 Å². The first-order chi connectivity index (χ1) is 8.92. The Bertz CT molecular complexity index is 440. The van der Waals surface area contributed by atoms with Gasteiger partial charge in [-0.2, -0.15) is 0 Å². The molecule has 19 heavy (non-hydrogen) atoms. The Morgan fingerprint density at radius 1 is 0.579 bits per heavy atom. The minimum atomic E-state index is -3.73. The molecule has 0 unspecified atom stereocenters. The molecule has 0 spiro atoms. The summed E-state index contributed by atoms with van der Waals surface area (Å²) in [5.74, 6) is 0. The third kappa shape index (κ3) is 3.92. The van der Waals surface area contributed by atoms with Gasteiger partial charge in [-0.15, -0.1) is 4.13 Å². The average molecular weight is 309 g/mol. The van der Waals surface area contributed by atoms with Gasteiger partial charge in [0.2, 0.25) is 20.0 Å². The lowest BCUT2D eigenvalue weighted by Crippen LogP contribution is -2.44. The van der Waals surface area contributed by atoms with Crippen LogP contribution >= 0.6 is 0 Å². The Morgan fingerprint density at radius 3 is 1.21 bits per heavy atom. The van der Waals surface area contributed by atoms with Gasteiger partial charge in [0.15, 0.2) is 0 Å². The summed E-state index contributed by atoms with van der Waals surface area (Å²) in [4.78, 5) is 0. The van der Waals surface area contributed by atoms with E-state index in [-0.39, 0.29) is 0 Å². The number of nitrogens with one attached hydrogen (secondary N) is 1. The molecule has 0 aromatic carbocycles. The van der Waals surface area contributed by atoms with Gasteiger partial charge >= 0.3 is 0 Å². The number of hydrogen-bond donors (Lipinski definition) is 1. The van der Waals surface area contributed by atoms with E-state index in [0.29, 0.717) is 25.7 Å². The highest BCUT2D eigenvalue weighted by atomic mass is 32.3. The maximum absolute atomic E-state index is 12.2. The third-order valence-electron chi connectivity index (χ3n) is 4.21. The van der Waals surface area contributed by atoms with Crippen molar-refractivity contribution in [2.75, 3.05) is 0 Å². The van der Waals surface area contributed by atoms with Crippen LogP contribution in [0.4, 0.5) is 0 Å². The molecule has 2 saturated carbocycles. The summed E-state index contributed by atoms with van der Waals surface area (Å²) in [6, 6.07) is 0. The molecular weight excluding hydrogens is 286 g/mol. The molecular formula is C12H23NO4S2. The van der Waals surface area contributed by atoms with Crippen molar-refractivity contribution < 1.29 is 16.8 Å². The van der Waals surface area contributed by atoms with Crippen LogP contribution in [-0.2, 0) is 20.0 Å². The Balaban J connectivity index is 2.05. The van der Waals surface area contributed by atoms with Crippen LogP contribution in [0.15, 0.2) is 0 Å². The lowest BCUT2D eigenvalue weighted by Gasteiger charge is -2.25. The molecule has 2 fully saturated rings. The van der Waals surface area contributed by atoms with E-state index >= 15 is 0 Å². The standard InChI is InChI=1S/C12H23NO4S2/c14-18(15,11-7-3-1-4-8-11)13-19(16,17)12-9-5-2-6-10-12/h11-13H,1-10H2. The lowest BCUT2D eigenvalue weighted by molar-refractivity contribution is 0.472. The van der Waals surface area contributed by atoms with Crippen molar-refractivity contribution in [3.8, 4) is 0 Å². The molecule has 0 atom stereocenters. The second-order valence-electron chi connectivity index (χ2n) is 5.69. The first-order valence-electron chi connectivity index (χ1n) is 7.18. The Labute approximate surface area is 116 Å². The van der Waals surface area contributed by atoms with Crippen molar-refractivity contribution in [1.29, 1.82) is 0 Å². The van der Waals surface area contributed by atoms with Gasteiger partial charge in [-0.1, -0.05) is 38.5 Å². The van der Waals surface area contributed by atoms with Gasteiger partial charge in [-0.3, -0.25) is 0 Å². The zero-order valence-corrected chi connectivity index (χ0v) is 12.8. The minimum Gasteiger partial charge on any atom is -0.211 e. The number of rotatable bonds is 4. The zero-order chi connectivity index (χ0) is 13.9. The fraction of sp³-hybridized carbons (Fsp3) is 1.00. The monoisotopic (exact) mass is 309 g/mol. The van der Waals surface area contributed by atoms with Crippen LogP contribution in [-0.4, -0.2) is 27.3 Å². The first-order valence-corrected chi connectivity index (χ1v) is 10.3. The second-order valence-corrected chi connectivity index (χ2v) is 9.87. The summed E-state index contributed by atoms with van der Waals surface area (Å²) in [7, 11) is -7.46. The normalized spacial score (nSPS) is 24.4. The average Bonchev–Trinajstić information content (AvgIpc) is 2.40. The lowest BCUT2D eigenvalue weighted by atomic mass is 10.0. The molecule has 0 amide bonds. The highest BCUT2D eigenvalue weighted by molar-refractivity contribution is 8.05. The highest BCUT2D eigenvalue weighted by Crippen LogP contribution is 2.26. The van der Waals surface area contributed by atoms with Crippen molar-refractivity contribution in [2.45, 2.75) is 74.7 Å². The first kappa shape index (κ1) is 15.3. The van der Waals surface area contributed by atoms with Crippen LogP contribution in [0.3, 0.4) is 0 Å². The minimum absolute atomic E-state index is 0.528. The van der Waals surface area contributed by atoms with E-state index in [1.807, 2.05) is 4.13 Å². The Hall–Kier alpha value is -0.140. The van der Waals surface area contributed by atoms with Crippen LogP contribution in [0.5, 0.6) is 0 Å². The van der Waals surface area contributed by atoms with Gasteiger partial charge in [0, 0.05) is 0 Å². The highest BCUT2D eigenvalue weighted by Gasteiger charge is 2.35. The van der Waals surface area contributed by atoms with E-state index in [4.69, 9.17) is 0 Å². The van der Waals surface area contributed by atoms with Crippen LogP contribution in [0.25, 0.3) is 0 Å². The predicted octanol–water partition coefficient (Wildman–Crippen LogP) is 1.90. The maximum atomic E-state index is 12.2. The molecule has 1 N–H and O–H groups in total. The molecule has 2 rings (SSSR count). The van der Waals surface area contributed by atoms with Crippen molar-refractivity contribution in [3.05, 3.63) is 0 Å². The van der Waals surface area contributed by atoms with E-state index in [1.165, 1.54) is 0 Å². The maximum Gasteiger partial charge on any atom is 0.227 e. The van der Waals surface area contributed by atoms with Gasteiger partial charge < -0.3 is 0 Å². The van der Waals surface area contributed by atoms with Crippen LogP contribution in [0.2, 0.25) is 0 Å². The molecule has 2 aliphatic rings. The fourth-order valence-corrected chi connectivity index (χ4v) is 7.34. The van der Waals surface area contributed by atoms with E-state index in [2.05, 4.69) is 0 Å². The molecule has 0 heterocycles. The van der Waals surface area contributed by atoms with Crippen LogP contribution < -0.4 is 4.13 Å². The van der Waals surface area contributed by atoms with Gasteiger partial charge in [-0.25, -0.2) is 16.8 Å². The van der Waals surface area contributed by atoms with Crippen LogP contribution in [0, 0.1) is 0 Å². The summed E-state index contributed by atoms with van der Waals surface area (Å²) in [5, 5.41) is -1.06. The Morgan fingerprint density at radius 2 is 0.895 bits per heavy atom. The number of sulfonamides is 2. The van der Waals surface area contributed by atoms with Crippen molar-refractivity contribution in [1.82, 2.24) is 4.13 Å². The molecule has 5 nitrogen and oxygen atoms in total. The molecule has 7 heteroatoms. The molecule has 0 radical (unpaired) electrons. The molecule has 2 aliphatic carbocycles. The van der Waals surface area contributed by atoms with Gasteiger partial charge in [-0.05, 0) is 25.7 Å². The molecule has 0 aromatic heterocycles. The molecule has 0 saturated heterocycles. The van der Waals surface area contributed by atoms with Crippen molar-refractivity contribution in [3.63, 3.8) is 0 Å². The largest absolute Gasteiger partial charge is 0.227 e. The summed E-state index contributed by atoms with van der Waals surface area (Å²) >= 11 is 0. The summed E-state index contributed by atoms with van der Waals surface area (Å²) in [6.07, 6.45) is 7.88. The Kier molecular flexibility index (Phi) is 4.89. The van der Waals surface area contributed by atoms with E-state index in [9.17, 15) is 16.8 Å². The van der Waals surface area contributed by atoms with Gasteiger partial charge in [0.25, 0.3) is 0 Å². The molecule has 0 aromatic rings. The van der Waals surface area contributed by atoms with Crippen molar-refractivity contribution >= 4 is 20.0 Å². The van der Waals surface area contributed by atoms with Gasteiger partial charge in [0.1, 0.15) is 0 Å². The fourth-order valence-electron chi connectivity index (χ4n) is 3.05. The summed E-state index contributed by atoms with van der Waals surface area (Å²) in [5.41, 5.74) is 0. The quantitative estimate of drug-likeness (QED) is 0.860. The topological polar surface area (TPSA) is 80.3 Å². The summed E-state index contributed by atoms with van der Waals surface area (Å²) in [6.45, 7) is 0. The molecule has 0 aliphatic heterocycles. The third-order valence-corrected chi connectivity index (χ3v) is 8.77. The SMILES string of the molecule is O=S(=O)(NS(=O)(=O)C1CCCCC1)C1CCCCC1. The molecule has 0 bridgehead atoms. The van der Waals surface area contributed by atoms with Crippen LogP contribution in [0.1, 0.15) is 64.2 Å². The summed E-state index contributed by atoms with van der Waals surface area (Å²) < 4.78 is 50.6. The van der Waals surface area contributed by atoms with Crippen molar-refractivity contribution in [2.24, 2.45) is 0 Å². The number of hydrogen-bond acceptors (Lipinski definition) is 4. The second kappa shape index (κ2) is 6.10.